The zero-order valence-corrected chi connectivity index (χ0v) is 18.4. The smallest absolute Gasteiger partial charge is 0.235 e. The molecule has 0 aliphatic heterocycles. The summed E-state index contributed by atoms with van der Waals surface area (Å²) in [4.78, 5) is 27.7. The Morgan fingerprint density at radius 3 is 2.07 bits per heavy atom. The molecular formula is C25H30N2O3. The molecule has 0 radical (unpaired) electrons. The third-order valence-electron chi connectivity index (χ3n) is 6.58. The number of hydrogen-bond donors (Lipinski definition) is 1. The molecule has 0 aromatic heterocycles. The van der Waals surface area contributed by atoms with Crippen molar-refractivity contribution in [1.29, 1.82) is 0 Å². The van der Waals surface area contributed by atoms with Gasteiger partial charge in [0.25, 0.3) is 0 Å². The molecule has 5 heteroatoms. The van der Waals surface area contributed by atoms with Crippen molar-refractivity contribution in [1.82, 2.24) is 0 Å². The van der Waals surface area contributed by atoms with Crippen LogP contribution < -0.4 is 15.0 Å². The molecule has 2 aromatic carbocycles. The van der Waals surface area contributed by atoms with Crippen LogP contribution >= 0.6 is 0 Å². The number of para-hydroxylation sites is 1. The third kappa shape index (κ3) is 3.81. The van der Waals surface area contributed by atoms with Crippen molar-refractivity contribution in [2.75, 3.05) is 17.3 Å². The van der Waals surface area contributed by atoms with Crippen LogP contribution in [0, 0.1) is 22.7 Å². The van der Waals surface area contributed by atoms with Crippen LogP contribution in [0.2, 0.25) is 0 Å². The van der Waals surface area contributed by atoms with E-state index >= 15 is 0 Å². The Kier molecular flexibility index (Phi) is 4.88. The monoisotopic (exact) mass is 406 g/mol. The van der Waals surface area contributed by atoms with Gasteiger partial charge in [-0.3, -0.25) is 14.5 Å². The van der Waals surface area contributed by atoms with Gasteiger partial charge in [0.05, 0.1) is 18.5 Å². The van der Waals surface area contributed by atoms with Crippen LogP contribution in [-0.4, -0.2) is 18.9 Å². The predicted molar refractivity (Wildman–Crippen MR) is 119 cm³/mol. The quantitative estimate of drug-likeness (QED) is 0.700. The molecule has 0 saturated heterocycles. The van der Waals surface area contributed by atoms with Gasteiger partial charge in [-0.25, -0.2) is 0 Å². The molecule has 0 bridgehead atoms. The number of anilines is 3. The summed E-state index contributed by atoms with van der Waals surface area (Å²) < 4.78 is 5.57. The first-order valence-electron chi connectivity index (χ1n) is 10.5. The molecule has 30 heavy (non-hydrogen) atoms. The lowest BCUT2D eigenvalue weighted by Crippen LogP contribution is -2.29. The molecule has 2 aliphatic rings. The van der Waals surface area contributed by atoms with Crippen molar-refractivity contribution < 1.29 is 14.3 Å². The summed E-state index contributed by atoms with van der Waals surface area (Å²) in [5.74, 6) is 0.677. The van der Waals surface area contributed by atoms with Crippen molar-refractivity contribution >= 4 is 28.9 Å². The lowest BCUT2D eigenvalue weighted by Gasteiger charge is -2.25. The van der Waals surface area contributed by atoms with E-state index in [1.54, 1.807) is 12.0 Å². The Morgan fingerprint density at radius 2 is 1.53 bits per heavy atom. The highest BCUT2D eigenvalue weighted by atomic mass is 16.5. The molecule has 2 fully saturated rings. The molecule has 2 unspecified atom stereocenters. The van der Waals surface area contributed by atoms with Crippen molar-refractivity contribution in [2.24, 2.45) is 22.7 Å². The number of methoxy groups -OCH3 is 1. The molecule has 1 N–H and O–H groups in total. The second-order valence-electron chi connectivity index (χ2n) is 9.87. The zero-order chi connectivity index (χ0) is 21.7. The van der Waals surface area contributed by atoms with Crippen LogP contribution in [0.15, 0.2) is 48.5 Å². The van der Waals surface area contributed by atoms with Crippen LogP contribution in [0.1, 0.15) is 40.5 Å². The average molecular weight is 407 g/mol. The van der Waals surface area contributed by atoms with E-state index in [1.165, 1.54) is 0 Å². The van der Waals surface area contributed by atoms with Gasteiger partial charge in [0.1, 0.15) is 5.75 Å². The van der Waals surface area contributed by atoms with Gasteiger partial charge in [0.15, 0.2) is 0 Å². The molecule has 2 amide bonds. The van der Waals surface area contributed by atoms with E-state index in [0.717, 1.165) is 24.2 Å². The van der Waals surface area contributed by atoms with Crippen LogP contribution in [0.4, 0.5) is 17.1 Å². The molecule has 0 heterocycles. The SMILES string of the molecule is COc1cc(N(C(=O)C2CC2(C)C)c2ccccc2)ccc1NC(=O)C1CC1(C)C. The summed E-state index contributed by atoms with van der Waals surface area (Å²) in [6, 6.07) is 15.2. The number of carbonyl (C=O) groups excluding carboxylic acids is 2. The van der Waals surface area contributed by atoms with E-state index in [-0.39, 0.29) is 34.5 Å². The fourth-order valence-electron chi connectivity index (χ4n) is 4.08. The average Bonchev–Trinajstić information content (AvgIpc) is 3.56. The summed E-state index contributed by atoms with van der Waals surface area (Å²) in [6.45, 7) is 8.44. The fraction of sp³-hybridized carbons (Fsp3) is 0.440. The van der Waals surface area contributed by atoms with Gasteiger partial charge in [0, 0.05) is 23.6 Å². The van der Waals surface area contributed by atoms with Crippen LogP contribution in [-0.2, 0) is 9.59 Å². The van der Waals surface area contributed by atoms with E-state index in [2.05, 4.69) is 33.0 Å². The Labute approximate surface area is 178 Å². The van der Waals surface area contributed by atoms with Crippen molar-refractivity contribution in [3.05, 3.63) is 48.5 Å². The first-order chi connectivity index (χ1) is 14.1. The summed E-state index contributed by atoms with van der Waals surface area (Å²) in [7, 11) is 1.58. The lowest BCUT2D eigenvalue weighted by atomic mass is 10.1. The molecule has 2 saturated carbocycles. The normalized spacial score (nSPS) is 22.7. The molecule has 158 valence electrons. The highest BCUT2D eigenvalue weighted by molar-refractivity contribution is 6.04. The summed E-state index contributed by atoms with van der Waals surface area (Å²) >= 11 is 0. The number of nitrogens with zero attached hydrogens (tertiary/aromatic N) is 1. The van der Waals surface area contributed by atoms with Gasteiger partial charge in [-0.1, -0.05) is 45.9 Å². The van der Waals surface area contributed by atoms with E-state index in [1.807, 2.05) is 48.5 Å². The van der Waals surface area contributed by atoms with Crippen LogP contribution in [0.25, 0.3) is 0 Å². The second-order valence-corrected chi connectivity index (χ2v) is 9.87. The van der Waals surface area contributed by atoms with Crippen molar-refractivity contribution in [3.63, 3.8) is 0 Å². The van der Waals surface area contributed by atoms with Gasteiger partial charge in [0.2, 0.25) is 11.8 Å². The highest BCUT2D eigenvalue weighted by Crippen LogP contribution is 2.54. The summed E-state index contributed by atoms with van der Waals surface area (Å²) in [6.07, 6.45) is 1.78. The molecule has 2 atom stereocenters. The molecular weight excluding hydrogens is 376 g/mol. The van der Waals surface area contributed by atoms with Crippen molar-refractivity contribution in [3.8, 4) is 5.75 Å². The molecule has 4 rings (SSSR count). The number of ether oxygens (including phenoxy) is 1. The number of amides is 2. The minimum Gasteiger partial charge on any atom is -0.494 e. The first-order valence-corrected chi connectivity index (χ1v) is 10.5. The predicted octanol–water partition coefficient (Wildman–Crippen LogP) is 5.39. The molecule has 2 aromatic rings. The van der Waals surface area contributed by atoms with Gasteiger partial charge < -0.3 is 10.1 Å². The molecule has 0 spiro atoms. The van der Waals surface area contributed by atoms with Gasteiger partial charge in [-0.15, -0.1) is 0 Å². The minimum absolute atomic E-state index is 0.000165. The number of hydrogen-bond acceptors (Lipinski definition) is 3. The second kappa shape index (κ2) is 7.15. The number of nitrogens with one attached hydrogen (secondary N) is 1. The molecule has 5 nitrogen and oxygen atoms in total. The largest absolute Gasteiger partial charge is 0.494 e. The Morgan fingerprint density at radius 1 is 0.933 bits per heavy atom. The number of benzene rings is 2. The van der Waals surface area contributed by atoms with Crippen LogP contribution in [0.3, 0.4) is 0 Å². The lowest BCUT2D eigenvalue weighted by molar-refractivity contribution is -0.120. The maximum absolute atomic E-state index is 13.4. The minimum atomic E-state index is 0.000165. The highest BCUT2D eigenvalue weighted by Gasteiger charge is 2.52. The molecule has 2 aliphatic carbocycles. The van der Waals surface area contributed by atoms with Crippen molar-refractivity contribution in [2.45, 2.75) is 40.5 Å². The Bertz CT molecular complexity index is 981. The zero-order valence-electron chi connectivity index (χ0n) is 18.4. The summed E-state index contributed by atoms with van der Waals surface area (Å²) in [5, 5.41) is 2.99. The van der Waals surface area contributed by atoms with Crippen LogP contribution in [0.5, 0.6) is 5.75 Å². The number of carbonyl (C=O) groups is 2. The van der Waals surface area contributed by atoms with E-state index < -0.39 is 0 Å². The Hall–Kier alpha value is -2.82. The maximum atomic E-state index is 13.4. The van der Waals surface area contributed by atoms with Gasteiger partial charge in [-0.05, 0) is 47.9 Å². The third-order valence-corrected chi connectivity index (χ3v) is 6.58. The maximum Gasteiger partial charge on any atom is 0.235 e. The number of rotatable bonds is 6. The topological polar surface area (TPSA) is 58.6 Å². The first kappa shape index (κ1) is 20.5. The van der Waals surface area contributed by atoms with E-state index in [4.69, 9.17) is 4.74 Å². The standard InChI is InChI=1S/C25H30N2O3/c1-24(2)14-18(24)22(28)26-20-12-11-17(13-21(20)30-5)27(16-9-7-6-8-10-16)23(29)19-15-25(19,3)4/h6-13,18-19H,14-15H2,1-5H3,(H,26,28). The van der Waals surface area contributed by atoms with Gasteiger partial charge >= 0.3 is 0 Å². The fourth-order valence-corrected chi connectivity index (χ4v) is 4.08. The summed E-state index contributed by atoms with van der Waals surface area (Å²) in [5.41, 5.74) is 2.27. The van der Waals surface area contributed by atoms with Gasteiger partial charge in [-0.2, -0.15) is 0 Å². The van der Waals surface area contributed by atoms with E-state index in [0.29, 0.717) is 11.4 Å². The van der Waals surface area contributed by atoms with E-state index in [9.17, 15) is 9.59 Å². The Balaban J connectivity index is 1.64.